The maximum absolute atomic E-state index is 11.6. The molecule has 0 radical (unpaired) electrons. The Labute approximate surface area is 173 Å². The molecule has 3 heterocycles. The number of amides is 1. The quantitative estimate of drug-likeness (QED) is 0.545. The zero-order valence-corrected chi connectivity index (χ0v) is 17.2. The van der Waals surface area contributed by atoms with Gasteiger partial charge >= 0.3 is 0 Å². The predicted octanol–water partition coefficient (Wildman–Crippen LogP) is 2.61. The molecule has 1 saturated heterocycles. The number of aryl methyl sites for hydroxylation is 2. The zero-order valence-electron chi connectivity index (χ0n) is 17.2. The molecule has 0 bridgehead atoms. The number of nitrogens with zero attached hydrogens (tertiary/aromatic N) is 4. The average molecular weight is 404 g/mol. The smallest absolute Gasteiger partial charge is 0.220 e. The first kappa shape index (κ1) is 18.5. The van der Waals surface area contributed by atoms with Crippen molar-refractivity contribution in [2.24, 2.45) is 20.0 Å². The van der Waals surface area contributed by atoms with E-state index in [4.69, 9.17) is 10.5 Å². The number of hydrogen-bond donors (Lipinski definition) is 2. The lowest BCUT2D eigenvalue weighted by atomic mass is 10.0. The number of ether oxygens (including phenoxy) is 1. The highest BCUT2D eigenvalue weighted by molar-refractivity contribution is 5.95. The molecular formula is C22H24N6O2. The van der Waals surface area contributed by atoms with E-state index in [1.165, 1.54) is 0 Å². The van der Waals surface area contributed by atoms with Crippen molar-refractivity contribution in [3.05, 3.63) is 36.5 Å². The van der Waals surface area contributed by atoms with E-state index in [0.29, 0.717) is 18.8 Å². The molecule has 2 aromatic heterocycles. The van der Waals surface area contributed by atoms with Gasteiger partial charge in [0.2, 0.25) is 5.91 Å². The Morgan fingerprint density at radius 2 is 2.00 bits per heavy atom. The molecule has 1 aliphatic rings. The number of fused-ring (bicyclic) bond motifs is 2. The van der Waals surface area contributed by atoms with Crippen LogP contribution in [0, 0.1) is 5.92 Å². The van der Waals surface area contributed by atoms with Gasteiger partial charge in [-0.15, -0.1) is 0 Å². The minimum atomic E-state index is -0.0981. The number of hydrogen-bond acceptors (Lipinski definition) is 5. The summed E-state index contributed by atoms with van der Waals surface area (Å²) in [5.41, 5.74) is 9.95. The standard InChI is InChI=1S/C22H24N6O2/c1-12(15-9-21(29)24-10-15)30-20-8-14(7-18-17(20)11-27(2)25-18)13-4-5-19-16(6-13)22(23)26-28(19)3/h4-8,11-12,15H,9-10H2,1-3H3,(H2,23,26)(H,24,29). The summed E-state index contributed by atoms with van der Waals surface area (Å²) in [5.74, 6) is 1.51. The summed E-state index contributed by atoms with van der Waals surface area (Å²) >= 11 is 0. The Kier molecular flexibility index (Phi) is 4.16. The molecule has 8 heteroatoms. The zero-order chi connectivity index (χ0) is 21.0. The molecule has 0 saturated carbocycles. The van der Waals surface area contributed by atoms with Gasteiger partial charge in [-0.3, -0.25) is 14.2 Å². The van der Waals surface area contributed by atoms with Crippen molar-refractivity contribution in [2.45, 2.75) is 19.4 Å². The third-order valence-corrected chi connectivity index (χ3v) is 5.90. The summed E-state index contributed by atoms with van der Waals surface area (Å²) in [6.45, 7) is 2.66. The Morgan fingerprint density at radius 1 is 1.17 bits per heavy atom. The van der Waals surface area contributed by atoms with Crippen molar-refractivity contribution >= 4 is 33.5 Å². The highest BCUT2D eigenvalue weighted by Gasteiger charge is 2.28. The normalized spacial score (nSPS) is 17.6. The first-order chi connectivity index (χ1) is 14.4. The lowest BCUT2D eigenvalue weighted by Crippen LogP contribution is -2.25. The van der Waals surface area contributed by atoms with E-state index in [2.05, 4.69) is 33.7 Å². The number of nitrogens with one attached hydrogen (secondary N) is 1. The van der Waals surface area contributed by atoms with Crippen LogP contribution < -0.4 is 15.8 Å². The molecule has 1 fully saturated rings. The van der Waals surface area contributed by atoms with E-state index in [-0.39, 0.29) is 17.9 Å². The van der Waals surface area contributed by atoms with E-state index in [0.717, 1.165) is 38.7 Å². The summed E-state index contributed by atoms with van der Waals surface area (Å²) < 4.78 is 9.93. The molecule has 5 rings (SSSR count). The number of benzene rings is 2. The van der Waals surface area contributed by atoms with Gasteiger partial charge in [0.25, 0.3) is 0 Å². The Bertz CT molecular complexity index is 1290. The Balaban J connectivity index is 1.58. The average Bonchev–Trinajstić information content (AvgIpc) is 3.39. The van der Waals surface area contributed by atoms with Crippen LogP contribution in [0.2, 0.25) is 0 Å². The van der Waals surface area contributed by atoms with E-state index < -0.39 is 0 Å². The third kappa shape index (κ3) is 3.04. The molecule has 3 N–H and O–H groups in total. The van der Waals surface area contributed by atoms with E-state index >= 15 is 0 Å². The lowest BCUT2D eigenvalue weighted by Gasteiger charge is -2.20. The van der Waals surface area contributed by atoms with Crippen molar-refractivity contribution in [1.29, 1.82) is 0 Å². The van der Waals surface area contributed by atoms with Crippen LogP contribution >= 0.6 is 0 Å². The number of carbonyl (C=O) groups is 1. The topological polar surface area (TPSA) is 100.0 Å². The minimum absolute atomic E-state index is 0.0816. The third-order valence-electron chi connectivity index (χ3n) is 5.90. The maximum Gasteiger partial charge on any atom is 0.220 e. The highest BCUT2D eigenvalue weighted by atomic mass is 16.5. The first-order valence-corrected chi connectivity index (χ1v) is 10.0. The number of carbonyl (C=O) groups excluding carboxylic acids is 1. The van der Waals surface area contributed by atoms with Crippen LogP contribution in [0.4, 0.5) is 5.82 Å². The number of anilines is 1. The number of nitrogens with two attached hydrogens (primary N) is 1. The molecule has 0 spiro atoms. The van der Waals surface area contributed by atoms with Crippen molar-refractivity contribution in [3.8, 4) is 16.9 Å². The van der Waals surface area contributed by atoms with Crippen LogP contribution in [0.5, 0.6) is 5.75 Å². The van der Waals surface area contributed by atoms with Crippen molar-refractivity contribution < 1.29 is 9.53 Å². The van der Waals surface area contributed by atoms with Crippen LogP contribution in [0.3, 0.4) is 0 Å². The summed E-state index contributed by atoms with van der Waals surface area (Å²) in [7, 11) is 3.78. The SMILES string of the molecule is CC(Oc1cc(-c2ccc3c(c2)c(N)nn3C)cc2nn(C)cc12)C1CNC(=O)C1. The summed E-state index contributed by atoms with van der Waals surface area (Å²) in [5, 5.41) is 13.7. The molecule has 0 aliphatic carbocycles. The van der Waals surface area contributed by atoms with Gasteiger partial charge in [-0.1, -0.05) is 6.07 Å². The van der Waals surface area contributed by atoms with Gasteiger partial charge in [0.15, 0.2) is 5.82 Å². The van der Waals surface area contributed by atoms with Gasteiger partial charge in [0.05, 0.1) is 16.4 Å². The lowest BCUT2D eigenvalue weighted by molar-refractivity contribution is -0.119. The van der Waals surface area contributed by atoms with Crippen LogP contribution in [0.15, 0.2) is 36.5 Å². The molecular weight excluding hydrogens is 380 g/mol. The summed E-state index contributed by atoms with van der Waals surface area (Å²) in [4.78, 5) is 11.6. The van der Waals surface area contributed by atoms with Gasteiger partial charge in [0, 0.05) is 44.6 Å². The molecule has 1 amide bonds. The maximum atomic E-state index is 11.6. The summed E-state index contributed by atoms with van der Waals surface area (Å²) in [6.07, 6.45) is 2.36. The number of nitrogen functional groups attached to an aromatic ring is 1. The van der Waals surface area contributed by atoms with Crippen LogP contribution in [0.1, 0.15) is 13.3 Å². The Morgan fingerprint density at radius 3 is 2.77 bits per heavy atom. The second-order valence-electron chi connectivity index (χ2n) is 8.04. The highest BCUT2D eigenvalue weighted by Crippen LogP contribution is 2.35. The fourth-order valence-corrected chi connectivity index (χ4v) is 4.20. The van der Waals surface area contributed by atoms with E-state index in [9.17, 15) is 4.79 Å². The largest absolute Gasteiger partial charge is 0.490 e. The van der Waals surface area contributed by atoms with Crippen molar-refractivity contribution in [1.82, 2.24) is 24.9 Å². The fraction of sp³-hybridized carbons (Fsp3) is 0.318. The molecule has 30 heavy (non-hydrogen) atoms. The fourth-order valence-electron chi connectivity index (χ4n) is 4.20. The van der Waals surface area contributed by atoms with Gasteiger partial charge in [-0.2, -0.15) is 10.2 Å². The molecule has 8 nitrogen and oxygen atoms in total. The van der Waals surface area contributed by atoms with Crippen LogP contribution in [-0.4, -0.2) is 38.1 Å². The summed E-state index contributed by atoms with van der Waals surface area (Å²) in [6, 6.07) is 10.2. The van der Waals surface area contributed by atoms with Crippen LogP contribution in [-0.2, 0) is 18.9 Å². The minimum Gasteiger partial charge on any atom is -0.490 e. The second kappa shape index (κ2) is 6.76. The second-order valence-corrected chi connectivity index (χ2v) is 8.04. The molecule has 154 valence electrons. The first-order valence-electron chi connectivity index (χ1n) is 10.0. The van der Waals surface area contributed by atoms with Gasteiger partial charge in [-0.05, 0) is 42.3 Å². The molecule has 2 unspecified atom stereocenters. The van der Waals surface area contributed by atoms with Gasteiger partial charge in [-0.25, -0.2) is 0 Å². The monoisotopic (exact) mass is 404 g/mol. The van der Waals surface area contributed by atoms with Crippen LogP contribution in [0.25, 0.3) is 32.9 Å². The predicted molar refractivity (Wildman–Crippen MR) is 116 cm³/mol. The molecule has 2 atom stereocenters. The van der Waals surface area contributed by atoms with E-state index in [1.54, 1.807) is 9.36 Å². The molecule has 4 aromatic rings. The van der Waals surface area contributed by atoms with Crippen molar-refractivity contribution in [2.75, 3.05) is 12.3 Å². The van der Waals surface area contributed by atoms with E-state index in [1.807, 2.05) is 39.3 Å². The molecule has 1 aliphatic heterocycles. The van der Waals surface area contributed by atoms with Gasteiger partial charge in [0.1, 0.15) is 11.9 Å². The van der Waals surface area contributed by atoms with Gasteiger partial charge < -0.3 is 15.8 Å². The van der Waals surface area contributed by atoms with Crippen molar-refractivity contribution in [3.63, 3.8) is 0 Å². The number of rotatable bonds is 4. The molecule has 2 aromatic carbocycles. The number of aromatic nitrogens is 4. The Hall–Kier alpha value is -3.55.